The fraction of sp³-hybridized carbons (Fsp3) is 0.238. The van der Waals surface area contributed by atoms with Crippen LogP contribution in [0.2, 0.25) is 0 Å². The number of nitrogens with two attached hydrogens (primary N) is 1. The van der Waals surface area contributed by atoms with E-state index in [2.05, 4.69) is 0 Å². The largest absolute Gasteiger partial charge is 0.481 e. The summed E-state index contributed by atoms with van der Waals surface area (Å²) in [5.74, 6) is -0.860. The van der Waals surface area contributed by atoms with Gasteiger partial charge >= 0.3 is 5.97 Å². The highest BCUT2D eigenvalue weighted by Crippen LogP contribution is 2.17. The number of benzene rings is 2. The van der Waals surface area contributed by atoms with E-state index < -0.39 is 5.97 Å². The maximum atomic E-state index is 13.0. The summed E-state index contributed by atoms with van der Waals surface area (Å²) in [7, 11) is 0. The van der Waals surface area contributed by atoms with E-state index in [1.165, 1.54) is 0 Å². The SMILES string of the molecule is Cc1ccc2c(c1)c(=O)c(Cc1cccc(CN)c1)cn2CCC(=O)O. The van der Waals surface area contributed by atoms with Crippen molar-refractivity contribution in [2.45, 2.75) is 32.9 Å². The van der Waals surface area contributed by atoms with E-state index in [0.29, 0.717) is 30.5 Å². The Kier molecular flexibility index (Phi) is 5.19. The van der Waals surface area contributed by atoms with Gasteiger partial charge in [-0.1, -0.05) is 35.9 Å². The molecule has 134 valence electrons. The Balaban J connectivity index is 2.10. The maximum absolute atomic E-state index is 13.0. The number of hydrogen-bond acceptors (Lipinski definition) is 3. The number of hydrogen-bond donors (Lipinski definition) is 2. The molecular weight excluding hydrogens is 328 g/mol. The highest BCUT2D eigenvalue weighted by Gasteiger charge is 2.11. The molecule has 0 amide bonds. The number of pyridine rings is 1. The van der Waals surface area contributed by atoms with Crippen LogP contribution in [0, 0.1) is 6.92 Å². The number of rotatable bonds is 6. The number of carboxylic acid groups (broad SMARTS) is 1. The summed E-state index contributed by atoms with van der Waals surface area (Å²) in [5, 5.41) is 9.65. The smallest absolute Gasteiger partial charge is 0.305 e. The Morgan fingerprint density at radius 1 is 1.15 bits per heavy atom. The molecule has 0 saturated carbocycles. The van der Waals surface area contributed by atoms with Crippen molar-refractivity contribution in [3.8, 4) is 0 Å². The third-order valence-corrected chi connectivity index (χ3v) is 4.50. The second-order valence-electron chi connectivity index (χ2n) is 6.54. The standard InChI is InChI=1S/C21H22N2O3/c1-14-5-6-19-18(9-14)21(26)17(13-23(19)8-7-20(24)25)11-15-3-2-4-16(10-15)12-22/h2-6,9-10,13H,7-8,11-12,22H2,1H3,(H,24,25). The lowest BCUT2D eigenvalue weighted by Crippen LogP contribution is -2.16. The molecule has 5 heteroatoms. The second-order valence-corrected chi connectivity index (χ2v) is 6.54. The van der Waals surface area contributed by atoms with E-state index in [1.54, 1.807) is 6.20 Å². The zero-order valence-corrected chi connectivity index (χ0v) is 14.7. The minimum atomic E-state index is -0.860. The molecule has 3 N–H and O–H groups in total. The molecule has 3 aromatic rings. The fourth-order valence-electron chi connectivity index (χ4n) is 3.18. The van der Waals surface area contributed by atoms with Crippen LogP contribution in [0.4, 0.5) is 0 Å². The summed E-state index contributed by atoms with van der Waals surface area (Å²) in [6.07, 6.45) is 2.29. The van der Waals surface area contributed by atoms with Gasteiger partial charge in [0.2, 0.25) is 0 Å². The molecule has 0 saturated heterocycles. The van der Waals surface area contributed by atoms with Gasteiger partial charge in [0, 0.05) is 36.7 Å². The van der Waals surface area contributed by atoms with Gasteiger partial charge in [0.15, 0.2) is 5.43 Å². The van der Waals surface area contributed by atoms with Crippen molar-refractivity contribution < 1.29 is 9.90 Å². The van der Waals surface area contributed by atoms with Crippen molar-refractivity contribution in [1.82, 2.24) is 4.57 Å². The first-order valence-electron chi connectivity index (χ1n) is 8.60. The Labute approximate surface area is 151 Å². The third-order valence-electron chi connectivity index (χ3n) is 4.50. The van der Waals surface area contributed by atoms with Crippen LogP contribution in [-0.4, -0.2) is 15.6 Å². The lowest BCUT2D eigenvalue weighted by atomic mass is 10.0. The Hall–Kier alpha value is -2.92. The maximum Gasteiger partial charge on any atom is 0.305 e. The highest BCUT2D eigenvalue weighted by molar-refractivity contribution is 5.80. The van der Waals surface area contributed by atoms with Crippen LogP contribution < -0.4 is 11.2 Å². The minimum absolute atomic E-state index is 0.00609. The minimum Gasteiger partial charge on any atom is -0.481 e. The van der Waals surface area contributed by atoms with Crippen LogP contribution in [0.5, 0.6) is 0 Å². The van der Waals surface area contributed by atoms with E-state index in [-0.39, 0.29) is 11.8 Å². The molecule has 0 radical (unpaired) electrons. The van der Waals surface area contributed by atoms with E-state index in [0.717, 1.165) is 22.2 Å². The number of fused-ring (bicyclic) bond motifs is 1. The molecule has 0 aliphatic rings. The van der Waals surface area contributed by atoms with E-state index in [4.69, 9.17) is 10.8 Å². The van der Waals surface area contributed by atoms with Crippen LogP contribution in [0.3, 0.4) is 0 Å². The second kappa shape index (κ2) is 7.54. The van der Waals surface area contributed by atoms with E-state index >= 15 is 0 Å². The van der Waals surface area contributed by atoms with Gasteiger partial charge in [-0.2, -0.15) is 0 Å². The van der Waals surface area contributed by atoms with E-state index in [1.807, 2.05) is 54.0 Å². The number of carbonyl (C=O) groups is 1. The summed E-state index contributed by atoms with van der Waals surface area (Å²) < 4.78 is 1.87. The molecule has 0 spiro atoms. The van der Waals surface area contributed by atoms with Crippen LogP contribution in [-0.2, 0) is 24.3 Å². The normalized spacial score (nSPS) is 11.0. The van der Waals surface area contributed by atoms with Gasteiger partial charge < -0.3 is 15.4 Å². The number of nitrogens with zero attached hydrogens (tertiary/aromatic N) is 1. The lowest BCUT2D eigenvalue weighted by Gasteiger charge is -2.13. The predicted octanol–water partition coefficient (Wildman–Crippen LogP) is 2.83. The van der Waals surface area contributed by atoms with Crippen LogP contribution in [0.1, 0.15) is 28.7 Å². The van der Waals surface area contributed by atoms with Crippen LogP contribution in [0.25, 0.3) is 10.9 Å². The topological polar surface area (TPSA) is 85.3 Å². The van der Waals surface area contributed by atoms with Crippen molar-refractivity contribution in [2.75, 3.05) is 0 Å². The zero-order chi connectivity index (χ0) is 18.7. The predicted molar refractivity (Wildman–Crippen MR) is 102 cm³/mol. The quantitative estimate of drug-likeness (QED) is 0.716. The van der Waals surface area contributed by atoms with Crippen molar-refractivity contribution in [3.63, 3.8) is 0 Å². The first kappa shape index (κ1) is 17.9. The summed E-state index contributed by atoms with van der Waals surface area (Å²) in [4.78, 5) is 24.0. The van der Waals surface area contributed by atoms with Crippen molar-refractivity contribution >= 4 is 16.9 Å². The zero-order valence-electron chi connectivity index (χ0n) is 14.7. The molecule has 0 atom stereocenters. The number of carboxylic acids is 1. The molecule has 0 fully saturated rings. The molecule has 26 heavy (non-hydrogen) atoms. The monoisotopic (exact) mass is 350 g/mol. The average Bonchev–Trinajstić information content (AvgIpc) is 2.63. The molecule has 1 aromatic heterocycles. The van der Waals surface area contributed by atoms with Crippen LogP contribution >= 0.6 is 0 Å². The average molecular weight is 350 g/mol. The van der Waals surface area contributed by atoms with Gasteiger partial charge in [-0.25, -0.2) is 0 Å². The van der Waals surface area contributed by atoms with Gasteiger partial charge in [0.25, 0.3) is 0 Å². The molecule has 0 bridgehead atoms. The molecule has 3 rings (SSSR count). The number of aliphatic carboxylic acids is 1. The molecule has 1 heterocycles. The molecule has 5 nitrogen and oxygen atoms in total. The third kappa shape index (κ3) is 3.83. The molecule has 0 aliphatic heterocycles. The van der Waals surface area contributed by atoms with Gasteiger partial charge in [0.1, 0.15) is 0 Å². The van der Waals surface area contributed by atoms with E-state index in [9.17, 15) is 9.59 Å². The van der Waals surface area contributed by atoms with Crippen LogP contribution in [0.15, 0.2) is 53.5 Å². The number of aryl methyl sites for hydroxylation is 2. The summed E-state index contributed by atoms with van der Waals surface area (Å²) in [6.45, 7) is 2.72. The number of aromatic nitrogens is 1. The Morgan fingerprint density at radius 3 is 2.65 bits per heavy atom. The van der Waals surface area contributed by atoms with Gasteiger partial charge in [-0.3, -0.25) is 9.59 Å². The summed E-state index contributed by atoms with van der Waals surface area (Å²) >= 11 is 0. The Morgan fingerprint density at radius 2 is 1.92 bits per heavy atom. The highest BCUT2D eigenvalue weighted by atomic mass is 16.4. The Bertz CT molecular complexity index is 1020. The van der Waals surface area contributed by atoms with Gasteiger partial charge in [-0.15, -0.1) is 0 Å². The fourth-order valence-corrected chi connectivity index (χ4v) is 3.18. The first-order chi connectivity index (χ1) is 12.5. The van der Waals surface area contributed by atoms with Crippen molar-refractivity contribution in [2.24, 2.45) is 5.73 Å². The lowest BCUT2D eigenvalue weighted by molar-refractivity contribution is -0.137. The summed E-state index contributed by atoms with van der Waals surface area (Å²) in [5.41, 5.74) is 10.2. The molecule has 0 aliphatic carbocycles. The van der Waals surface area contributed by atoms with Gasteiger partial charge in [0.05, 0.1) is 11.9 Å². The molecule has 0 unspecified atom stereocenters. The summed E-state index contributed by atoms with van der Waals surface area (Å²) in [6, 6.07) is 13.6. The molecule has 2 aromatic carbocycles. The van der Waals surface area contributed by atoms with Gasteiger partial charge in [-0.05, 0) is 30.2 Å². The first-order valence-corrected chi connectivity index (χ1v) is 8.60. The van der Waals surface area contributed by atoms with Crippen molar-refractivity contribution in [3.05, 3.63) is 81.1 Å². The molecular formula is C21H22N2O3. The van der Waals surface area contributed by atoms with Crippen molar-refractivity contribution in [1.29, 1.82) is 0 Å².